The molecular weight excluding hydrogens is 350 g/mol. The van der Waals surface area contributed by atoms with Crippen molar-refractivity contribution in [3.8, 4) is 22.7 Å². The van der Waals surface area contributed by atoms with Gasteiger partial charge in [-0.3, -0.25) is 4.98 Å². The molecule has 1 aromatic carbocycles. The number of fused-ring (bicyclic) bond motifs is 1. The van der Waals surface area contributed by atoms with Crippen molar-refractivity contribution in [3.05, 3.63) is 53.7 Å². The molecule has 144 valence electrons. The van der Waals surface area contributed by atoms with Gasteiger partial charge in [-0.05, 0) is 55.7 Å². The molecule has 3 aromatic heterocycles. The van der Waals surface area contributed by atoms with Crippen LogP contribution in [0.25, 0.3) is 33.6 Å². The zero-order chi connectivity index (χ0) is 19.8. The molecule has 1 atom stereocenters. The summed E-state index contributed by atoms with van der Waals surface area (Å²) >= 11 is 0. The van der Waals surface area contributed by atoms with Crippen molar-refractivity contribution >= 4 is 10.9 Å². The molecule has 0 aliphatic rings. The zero-order valence-corrected chi connectivity index (χ0v) is 16.7. The second-order valence-electron chi connectivity index (χ2n) is 7.70. The van der Waals surface area contributed by atoms with E-state index in [1.807, 2.05) is 32.2 Å². The number of rotatable bonds is 5. The summed E-state index contributed by atoms with van der Waals surface area (Å²) in [6.45, 7) is 8.35. The minimum atomic E-state index is -0.0145. The molecule has 1 unspecified atom stereocenters. The molecule has 0 spiro atoms. The second-order valence-corrected chi connectivity index (χ2v) is 7.70. The van der Waals surface area contributed by atoms with Crippen molar-refractivity contribution < 1.29 is 4.42 Å². The zero-order valence-electron chi connectivity index (χ0n) is 16.7. The molecule has 4 aromatic rings. The lowest BCUT2D eigenvalue weighted by Gasteiger charge is -2.09. The summed E-state index contributed by atoms with van der Waals surface area (Å²) in [5, 5.41) is 9.50. The predicted molar refractivity (Wildman–Crippen MR) is 111 cm³/mol. The third-order valence-corrected chi connectivity index (χ3v) is 4.81. The Kier molecular flexibility index (Phi) is 4.73. The SMILES string of the molecule is Cc1cc(-c2[nH]c3ccc(-c4nnc(CC(C)N)o4)cc3c2C(C)C)ccn1. The normalized spacial score (nSPS) is 12.8. The van der Waals surface area contributed by atoms with Crippen molar-refractivity contribution in [1.82, 2.24) is 20.2 Å². The Labute approximate surface area is 164 Å². The van der Waals surface area contributed by atoms with E-state index in [1.165, 1.54) is 10.9 Å². The molecular formula is C22H25N5O. The molecule has 3 N–H and O–H groups in total. The van der Waals surface area contributed by atoms with Gasteiger partial charge in [-0.2, -0.15) is 0 Å². The van der Waals surface area contributed by atoms with Gasteiger partial charge in [-0.25, -0.2) is 0 Å². The Morgan fingerprint density at radius 1 is 1.07 bits per heavy atom. The van der Waals surface area contributed by atoms with Crippen LogP contribution in [-0.4, -0.2) is 26.2 Å². The molecule has 6 heteroatoms. The first-order valence-electron chi connectivity index (χ1n) is 9.59. The maximum absolute atomic E-state index is 5.83. The minimum Gasteiger partial charge on any atom is -0.421 e. The third kappa shape index (κ3) is 3.43. The highest BCUT2D eigenvalue weighted by molar-refractivity contribution is 5.93. The van der Waals surface area contributed by atoms with Crippen molar-refractivity contribution in [3.63, 3.8) is 0 Å². The average Bonchev–Trinajstić information content (AvgIpc) is 3.24. The number of nitrogens with zero attached hydrogens (tertiary/aromatic N) is 3. The number of H-pyrrole nitrogens is 1. The van der Waals surface area contributed by atoms with Gasteiger partial charge in [0.15, 0.2) is 0 Å². The van der Waals surface area contributed by atoms with E-state index in [2.05, 4.69) is 52.2 Å². The smallest absolute Gasteiger partial charge is 0.247 e. The first-order valence-corrected chi connectivity index (χ1v) is 9.59. The number of hydrogen-bond donors (Lipinski definition) is 2. The van der Waals surface area contributed by atoms with E-state index < -0.39 is 0 Å². The number of pyridine rings is 1. The van der Waals surface area contributed by atoms with Gasteiger partial charge in [0.2, 0.25) is 11.8 Å². The summed E-state index contributed by atoms with van der Waals surface area (Å²) in [6.07, 6.45) is 2.42. The molecule has 3 heterocycles. The van der Waals surface area contributed by atoms with Crippen molar-refractivity contribution in [2.75, 3.05) is 0 Å². The van der Waals surface area contributed by atoms with Crippen molar-refractivity contribution in [1.29, 1.82) is 0 Å². The summed E-state index contributed by atoms with van der Waals surface area (Å²) in [6, 6.07) is 10.3. The van der Waals surface area contributed by atoms with Gasteiger partial charge in [-0.15, -0.1) is 10.2 Å². The van der Waals surface area contributed by atoms with E-state index in [0.29, 0.717) is 24.1 Å². The van der Waals surface area contributed by atoms with Gasteiger partial charge in [0, 0.05) is 46.4 Å². The van der Waals surface area contributed by atoms with E-state index in [-0.39, 0.29) is 6.04 Å². The maximum atomic E-state index is 5.83. The fourth-order valence-electron chi connectivity index (χ4n) is 3.60. The van der Waals surface area contributed by atoms with Crippen LogP contribution in [0.15, 0.2) is 40.9 Å². The third-order valence-electron chi connectivity index (χ3n) is 4.81. The Morgan fingerprint density at radius 2 is 1.89 bits per heavy atom. The van der Waals surface area contributed by atoms with Crippen LogP contribution in [0.3, 0.4) is 0 Å². The summed E-state index contributed by atoms with van der Waals surface area (Å²) in [4.78, 5) is 7.91. The fraction of sp³-hybridized carbons (Fsp3) is 0.318. The van der Waals surface area contributed by atoms with Crippen LogP contribution < -0.4 is 5.73 Å². The lowest BCUT2D eigenvalue weighted by molar-refractivity contribution is 0.487. The Morgan fingerprint density at radius 3 is 2.61 bits per heavy atom. The highest BCUT2D eigenvalue weighted by atomic mass is 16.4. The molecule has 0 aliphatic carbocycles. The molecule has 0 radical (unpaired) electrons. The quantitative estimate of drug-likeness (QED) is 0.531. The topological polar surface area (TPSA) is 93.6 Å². The van der Waals surface area contributed by atoms with Gasteiger partial charge in [0.25, 0.3) is 0 Å². The number of benzene rings is 1. The van der Waals surface area contributed by atoms with Gasteiger partial charge in [0.05, 0.1) is 5.69 Å². The van der Waals surface area contributed by atoms with Crippen molar-refractivity contribution in [2.24, 2.45) is 5.73 Å². The highest BCUT2D eigenvalue weighted by Crippen LogP contribution is 2.37. The second kappa shape index (κ2) is 7.20. The van der Waals surface area contributed by atoms with E-state index in [0.717, 1.165) is 28.0 Å². The average molecular weight is 375 g/mol. The Balaban J connectivity index is 1.83. The minimum absolute atomic E-state index is 0.0145. The molecule has 6 nitrogen and oxygen atoms in total. The molecule has 28 heavy (non-hydrogen) atoms. The molecule has 0 fully saturated rings. The maximum Gasteiger partial charge on any atom is 0.247 e. The molecule has 0 aliphatic heterocycles. The van der Waals surface area contributed by atoms with Gasteiger partial charge >= 0.3 is 0 Å². The molecule has 0 saturated heterocycles. The number of aryl methyl sites for hydroxylation is 1. The van der Waals surface area contributed by atoms with Crippen LogP contribution in [-0.2, 0) is 6.42 Å². The van der Waals surface area contributed by atoms with Crippen LogP contribution >= 0.6 is 0 Å². The Hall–Kier alpha value is -2.99. The number of hydrogen-bond acceptors (Lipinski definition) is 5. The molecule has 0 saturated carbocycles. The highest BCUT2D eigenvalue weighted by Gasteiger charge is 2.18. The lowest BCUT2D eigenvalue weighted by atomic mass is 9.95. The number of aromatic nitrogens is 4. The lowest BCUT2D eigenvalue weighted by Crippen LogP contribution is -2.17. The van der Waals surface area contributed by atoms with Gasteiger partial charge < -0.3 is 15.1 Å². The van der Waals surface area contributed by atoms with E-state index in [1.54, 1.807) is 0 Å². The van der Waals surface area contributed by atoms with Crippen LogP contribution in [0.2, 0.25) is 0 Å². The predicted octanol–water partition coefficient (Wildman–Crippen LogP) is 4.60. The first kappa shape index (κ1) is 18.4. The summed E-state index contributed by atoms with van der Waals surface area (Å²) in [5.41, 5.74) is 12.4. The standard InChI is InChI=1S/C22H25N5O/c1-12(2)20-17-11-16(22-27-26-19(28-22)9-13(3)23)5-6-18(17)25-21(20)15-7-8-24-14(4)10-15/h5-8,10-13,25H,9,23H2,1-4H3. The van der Waals surface area contributed by atoms with E-state index >= 15 is 0 Å². The molecule has 0 bridgehead atoms. The number of aromatic amines is 1. The summed E-state index contributed by atoms with van der Waals surface area (Å²) in [5.74, 6) is 1.44. The van der Waals surface area contributed by atoms with E-state index in [9.17, 15) is 0 Å². The molecule has 4 rings (SSSR count). The molecule has 0 amide bonds. The Bertz CT molecular complexity index is 1120. The number of nitrogens with two attached hydrogens (primary N) is 1. The first-order chi connectivity index (χ1) is 13.4. The van der Waals surface area contributed by atoms with Gasteiger partial charge in [0.1, 0.15) is 0 Å². The van der Waals surface area contributed by atoms with Crippen molar-refractivity contribution in [2.45, 2.75) is 46.1 Å². The fourth-order valence-corrected chi connectivity index (χ4v) is 3.60. The van der Waals surface area contributed by atoms with Crippen LogP contribution in [0.1, 0.15) is 43.8 Å². The van der Waals surface area contributed by atoms with Crippen LogP contribution in [0.5, 0.6) is 0 Å². The summed E-state index contributed by atoms with van der Waals surface area (Å²) < 4.78 is 5.82. The monoisotopic (exact) mass is 375 g/mol. The van der Waals surface area contributed by atoms with Gasteiger partial charge in [-0.1, -0.05) is 13.8 Å². The largest absolute Gasteiger partial charge is 0.421 e. The summed E-state index contributed by atoms with van der Waals surface area (Å²) in [7, 11) is 0. The van der Waals surface area contributed by atoms with E-state index in [4.69, 9.17) is 10.2 Å². The van der Waals surface area contributed by atoms with Crippen LogP contribution in [0, 0.1) is 6.92 Å². The number of nitrogens with one attached hydrogen (secondary N) is 1. The van der Waals surface area contributed by atoms with Crippen LogP contribution in [0.4, 0.5) is 0 Å².